The molecule has 0 spiro atoms. The second-order valence-corrected chi connectivity index (χ2v) is 3.73. The summed E-state index contributed by atoms with van der Waals surface area (Å²) in [6.07, 6.45) is -4.70. The Morgan fingerprint density at radius 2 is 1.78 bits per heavy atom. The summed E-state index contributed by atoms with van der Waals surface area (Å²) in [4.78, 5) is 0. The Morgan fingerprint density at radius 1 is 1.17 bits per heavy atom. The molecule has 0 aliphatic heterocycles. The van der Waals surface area contributed by atoms with E-state index in [1.54, 1.807) is 6.92 Å². The standard InChI is InChI=1S/C10H7ClF3N3O/c1-6-15-16-9(11)17(6)7-2-4-8(5-3-7)18-10(12,13)14/h2-5H,1H3. The van der Waals surface area contributed by atoms with Crippen molar-refractivity contribution in [3.05, 3.63) is 35.4 Å². The van der Waals surface area contributed by atoms with E-state index in [0.29, 0.717) is 11.5 Å². The lowest BCUT2D eigenvalue weighted by molar-refractivity contribution is -0.274. The lowest BCUT2D eigenvalue weighted by Crippen LogP contribution is -2.17. The van der Waals surface area contributed by atoms with E-state index in [4.69, 9.17) is 11.6 Å². The van der Waals surface area contributed by atoms with Gasteiger partial charge in [0.15, 0.2) is 0 Å². The van der Waals surface area contributed by atoms with Crippen molar-refractivity contribution < 1.29 is 17.9 Å². The van der Waals surface area contributed by atoms with Crippen LogP contribution in [0.1, 0.15) is 5.82 Å². The fraction of sp³-hybridized carbons (Fsp3) is 0.200. The molecule has 4 nitrogen and oxygen atoms in total. The van der Waals surface area contributed by atoms with Crippen LogP contribution in [0, 0.1) is 6.92 Å². The highest BCUT2D eigenvalue weighted by Crippen LogP contribution is 2.24. The van der Waals surface area contributed by atoms with Crippen molar-refractivity contribution in [2.45, 2.75) is 13.3 Å². The minimum atomic E-state index is -4.70. The van der Waals surface area contributed by atoms with E-state index in [2.05, 4.69) is 14.9 Å². The van der Waals surface area contributed by atoms with E-state index in [-0.39, 0.29) is 11.0 Å². The molecule has 0 saturated heterocycles. The third kappa shape index (κ3) is 2.73. The van der Waals surface area contributed by atoms with Crippen molar-refractivity contribution in [1.82, 2.24) is 14.8 Å². The molecule has 8 heteroatoms. The normalized spacial score (nSPS) is 11.6. The number of alkyl halides is 3. The second-order valence-electron chi connectivity index (χ2n) is 3.39. The molecular weight excluding hydrogens is 271 g/mol. The molecule has 0 aliphatic rings. The Bertz CT molecular complexity index is 531. The van der Waals surface area contributed by atoms with Gasteiger partial charge in [0.1, 0.15) is 11.6 Å². The molecule has 96 valence electrons. The zero-order valence-electron chi connectivity index (χ0n) is 9.07. The van der Waals surface area contributed by atoms with Gasteiger partial charge < -0.3 is 4.74 Å². The average Bonchev–Trinajstić information content (AvgIpc) is 2.58. The van der Waals surface area contributed by atoms with Gasteiger partial charge in [-0.3, -0.25) is 4.57 Å². The van der Waals surface area contributed by atoms with Crippen LogP contribution in [0.2, 0.25) is 5.28 Å². The minimum absolute atomic E-state index is 0.136. The predicted molar refractivity (Wildman–Crippen MR) is 57.8 cm³/mol. The Balaban J connectivity index is 2.28. The Kier molecular flexibility index (Phi) is 3.16. The Morgan fingerprint density at radius 3 is 2.22 bits per heavy atom. The lowest BCUT2D eigenvalue weighted by atomic mass is 10.3. The van der Waals surface area contributed by atoms with Crippen molar-refractivity contribution >= 4 is 11.6 Å². The first kappa shape index (κ1) is 12.7. The van der Waals surface area contributed by atoms with Gasteiger partial charge in [0.05, 0.1) is 5.69 Å². The Labute approximate surface area is 105 Å². The summed E-state index contributed by atoms with van der Waals surface area (Å²) in [5.41, 5.74) is 0.553. The topological polar surface area (TPSA) is 39.9 Å². The number of halogens is 4. The summed E-state index contributed by atoms with van der Waals surface area (Å²) < 4.78 is 41.2. The third-order valence-corrected chi connectivity index (χ3v) is 2.36. The summed E-state index contributed by atoms with van der Waals surface area (Å²) in [6.45, 7) is 1.68. The number of ether oxygens (including phenoxy) is 1. The van der Waals surface area contributed by atoms with Gasteiger partial charge in [-0.2, -0.15) is 0 Å². The summed E-state index contributed by atoms with van der Waals surface area (Å²) in [6, 6.07) is 5.25. The van der Waals surface area contributed by atoms with Crippen molar-refractivity contribution in [3.63, 3.8) is 0 Å². The van der Waals surface area contributed by atoms with Crippen LogP contribution in [0.3, 0.4) is 0 Å². The van der Waals surface area contributed by atoms with Crippen molar-refractivity contribution in [3.8, 4) is 11.4 Å². The van der Waals surface area contributed by atoms with E-state index in [1.807, 2.05) is 0 Å². The van der Waals surface area contributed by atoms with Crippen LogP contribution in [-0.4, -0.2) is 21.1 Å². The largest absolute Gasteiger partial charge is 0.573 e. The van der Waals surface area contributed by atoms with Gasteiger partial charge in [-0.05, 0) is 42.8 Å². The van der Waals surface area contributed by atoms with Crippen LogP contribution < -0.4 is 4.74 Å². The quantitative estimate of drug-likeness (QED) is 0.847. The molecule has 0 N–H and O–H groups in total. The summed E-state index contributed by atoms with van der Waals surface area (Å²) in [7, 11) is 0. The van der Waals surface area contributed by atoms with Crippen LogP contribution in [0.15, 0.2) is 24.3 Å². The molecule has 0 radical (unpaired) electrons. The molecule has 18 heavy (non-hydrogen) atoms. The van der Waals surface area contributed by atoms with Crippen molar-refractivity contribution in [2.75, 3.05) is 0 Å². The van der Waals surface area contributed by atoms with Gasteiger partial charge in [-0.1, -0.05) is 0 Å². The number of benzene rings is 1. The molecule has 0 amide bonds. The van der Waals surface area contributed by atoms with E-state index < -0.39 is 6.36 Å². The first-order valence-electron chi connectivity index (χ1n) is 4.80. The zero-order chi connectivity index (χ0) is 13.3. The number of hydrogen-bond donors (Lipinski definition) is 0. The minimum Gasteiger partial charge on any atom is -0.406 e. The molecule has 0 atom stereocenters. The third-order valence-electron chi connectivity index (χ3n) is 2.11. The maximum atomic E-state index is 12.0. The van der Waals surface area contributed by atoms with Gasteiger partial charge in [0, 0.05) is 0 Å². The number of rotatable bonds is 2. The molecule has 1 heterocycles. The van der Waals surface area contributed by atoms with Crippen LogP contribution >= 0.6 is 11.6 Å². The van der Waals surface area contributed by atoms with Crippen LogP contribution in [0.25, 0.3) is 5.69 Å². The molecule has 2 rings (SSSR count). The average molecular weight is 278 g/mol. The molecule has 0 unspecified atom stereocenters. The summed E-state index contributed by atoms with van der Waals surface area (Å²) in [5, 5.41) is 7.52. The van der Waals surface area contributed by atoms with Gasteiger partial charge in [0.2, 0.25) is 5.28 Å². The molecule has 0 saturated carbocycles. The highest BCUT2D eigenvalue weighted by atomic mass is 35.5. The zero-order valence-corrected chi connectivity index (χ0v) is 9.83. The van der Waals surface area contributed by atoms with E-state index in [0.717, 1.165) is 0 Å². The van der Waals surface area contributed by atoms with Gasteiger partial charge in [0.25, 0.3) is 0 Å². The van der Waals surface area contributed by atoms with E-state index >= 15 is 0 Å². The van der Waals surface area contributed by atoms with E-state index in [9.17, 15) is 13.2 Å². The first-order chi connectivity index (χ1) is 8.37. The molecule has 1 aromatic heterocycles. The predicted octanol–water partition coefficient (Wildman–Crippen LogP) is 3.13. The maximum absolute atomic E-state index is 12.0. The number of aromatic nitrogens is 3. The SMILES string of the molecule is Cc1nnc(Cl)n1-c1ccc(OC(F)(F)F)cc1. The summed E-state index contributed by atoms with van der Waals surface area (Å²) in [5.74, 6) is 0.234. The van der Waals surface area contributed by atoms with Crippen molar-refractivity contribution in [1.29, 1.82) is 0 Å². The van der Waals surface area contributed by atoms with Crippen LogP contribution in [-0.2, 0) is 0 Å². The fourth-order valence-corrected chi connectivity index (χ4v) is 1.68. The molecule has 0 fully saturated rings. The monoisotopic (exact) mass is 277 g/mol. The van der Waals surface area contributed by atoms with Crippen LogP contribution in [0.5, 0.6) is 5.75 Å². The van der Waals surface area contributed by atoms with Crippen LogP contribution in [0.4, 0.5) is 13.2 Å². The number of hydrogen-bond acceptors (Lipinski definition) is 3. The molecule has 2 aromatic rings. The first-order valence-corrected chi connectivity index (χ1v) is 5.18. The van der Waals surface area contributed by atoms with Gasteiger partial charge >= 0.3 is 6.36 Å². The van der Waals surface area contributed by atoms with Crippen molar-refractivity contribution in [2.24, 2.45) is 0 Å². The second kappa shape index (κ2) is 4.49. The molecular formula is C10H7ClF3N3O. The lowest BCUT2D eigenvalue weighted by Gasteiger charge is -2.10. The van der Waals surface area contributed by atoms with E-state index in [1.165, 1.54) is 28.8 Å². The molecule has 0 aliphatic carbocycles. The number of aryl methyl sites for hydroxylation is 1. The Hall–Kier alpha value is -1.76. The molecule has 1 aromatic carbocycles. The highest BCUT2D eigenvalue weighted by Gasteiger charge is 2.31. The van der Waals surface area contributed by atoms with Gasteiger partial charge in [-0.15, -0.1) is 23.4 Å². The number of nitrogens with zero attached hydrogens (tertiary/aromatic N) is 3. The smallest absolute Gasteiger partial charge is 0.406 e. The van der Waals surface area contributed by atoms with Gasteiger partial charge in [-0.25, -0.2) is 0 Å². The summed E-state index contributed by atoms with van der Waals surface area (Å²) >= 11 is 5.80. The molecule has 0 bridgehead atoms. The fourth-order valence-electron chi connectivity index (χ4n) is 1.43. The maximum Gasteiger partial charge on any atom is 0.573 e. The highest BCUT2D eigenvalue weighted by molar-refractivity contribution is 6.28.